The molecule has 196 valence electrons. The number of hydrogen-bond acceptors (Lipinski definition) is 4. The van der Waals surface area contributed by atoms with Crippen molar-refractivity contribution in [1.29, 1.82) is 5.26 Å². The highest BCUT2D eigenvalue weighted by Crippen LogP contribution is 2.33. The van der Waals surface area contributed by atoms with Crippen LogP contribution in [0, 0.1) is 11.3 Å². The minimum absolute atomic E-state index is 0. The van der Waals surface area contributed by atoms with Crippen LogP contribution in [0.4, 0.5) is 0 Å². The molecule has 0 spiro atoms. The zero-order chi connectivity index (χ0) is 26.5. The minimum atomic E-state index is 0. The third-order valence-electron chi connectivity index (χ3n) is 7.39. The van der Waals surface area contributed by atoms with Gasteiger partial charge in [-0.05, 0) is 72.6 Å². The lowest BCUT2D eigenvalue weighted by Gasteiger charge is -2.16. The molecule has 0 N–H and O–H groups in total. The van der Waals surface area contributed by atoms with Gasteiger partial charge in [0.15, 0.2) is 0 Å². The van der Waals surface area contributed by atoms with E-state index in [1.54, 1.807) is 0 Å². The second kappa shape index (κ2) is 11.7. The first-order chi connectivity index (χ1) is 18.5. The van der Waals surface area contributed by atoms with Gasteiger partial charge in [0.25, 0.3) is 0 Å². The van der Waals surface area contributed by atoms with E-state index in [-0.39, 0.29) is 7.53 Å². The van der Waals surface area contributed by atoms with Gasteiger partial charge in [-0.3, -0.25) is 0 Å². The molecule has 5 rings (SSSR count). The Kier molecular flexibility index (Phi) is 7.91. The maximum absolute atomic E-state index is 9.26. The van der Waals surface area contributed by atoms with E-state index in [1.807, 2.05) is 24.3 Å². The summed E-state index contributed by atoms with van der Waals surface area (Å²) < 4.78 is 14.7. The SMILES string of the molecule is C=C1CCO[C@H](CCn2ccc3nc(OCc4ccc(C(C)C)cc4)c(-c4ccc(C#N)cc4)cc32)CC1.[HH]. The molecule has 0 radical (unpaired) electrons. The van der Waals surface area contributed by atoms with E-state index in [4.69, 9.17) is 14.5 Å². The van der Waals surface area contributed by atoms with Crippen LogP contribution in [0.2, 0.25) is 0 Å². The summed E-state index contributed by atoms with van der Waals surface area (Å²) >= 11 is 0. The van der Waals surface area contributed by atoms with Crippen LogP contribution in [0.15, 0.2) is 79.0 Å². The van der Waals surface area contributed by atoms with Gasteiger partial charge in [0, 0.05) is 19.7 Å². The number of hydrogen-bond donors (Lipinski definition) is 0. The van der Waals surface area contributed by atoms with Crippen LogP contribution < -0.4 is 4.74 Å². The van der Waals surface area contributed by atoms with Crippen molar-refractivity contribution in [2.24, 2.45) is 0 Å². The zero-order valence-electron chi connectivity index (χ0n) is 22.3. The number of ether oxygens (including phenoxy) is 2. The van der Waals surface area contributed by atoms with Crippen LogP contribution in [-0.2, 0) is 17.9 Å². The molecule has 2 aromatic carbocycles. The summed E-state index contributed by atoms with van der Waals surface area (Å²) in [5.41, 5.74) is 8.20. The van der Waals surface area contributed by atoms with Crippen molar-refractivity contribution in [3.05, 3.63) is 95.7 Å². The normalized spacial score (nSPS) is 15.9. The van der Waals surface area contributed by atoms with Gasteiger partial charge in [0.1, 0.15) is 6.61 Å². The van der Waals surface area contributed by atoms with Crippen LogP contribution in [0.3, 0.4) is 0 Å². The third kappa shape index (κ3) is 5.98. The number of rotatable bonds is 8. The van der Waals surface area contributed by atoms with Gasteiger partial charge >= 0.3 is 0 Å². The van der Waals surface area contributed by atoms with Gasteiger partial charge in [-0.2, -0.15) is 5.26 Å². The van der Waals surface area contributed by atoms with Crippen molar-refractivity contribution >= 4 is 11.0 Å². The molecule has 1 aliphatic heterocycles. The number of nitriles is 1. The van der Waals surface area contributed by atoms with Crippen LogP contribution in [0.25, 0.3) is 22.2 Å². The smallest absolute Gasteiger partial charge is 0.222 e. The molecule has 5 heteroatoms. The molecule has 0 bridgehead atoms. The second-order valence-electron chi connectivity index (χ2n) is 10.4. The van der Waals surface area contributed by atoms with E-state index >= 15 is 0 Å². The fourth-order valence-electron chi connectivity index (χ4n) is 4.93. The molecule has 4 aromatic rings. The Bertz CT molecular complexity index is 1450. The molecule has 1 atom stereocenters. The molecular weight excluding hydrogens is 470 g/mol. The second-order valence-corrected chi connectivity index (χ2v) is 10.4. The van der Waals surface area contributed by atoms with Gasteiger partial charge in [0.2, 0.25) is 5.88 Å². The Labute approximate surface area is 226 Å². The highest BCUT2D eigenvalue weighted by Gasteiger charge is 2.17. The molecule has 0 aliphatic carbocycles. The van der Waals surface area contributed by atoms with Gasteiger partial charge < -0.3 is 14.0 Å². The molecule has 3 heterocycles. The maximum atomic E-state index is 9.26. The Balaban J connectivity index is 0.00000353. The Morgan fingerprint density at radius 1 is 1.13 bits per heavy atom. The van der Waals surface area contributed by atoms with E-state index < -0.39 is 0 Å². The van der Waals surface area contributed by atoms with Crippen molar-refractivity contribution in [2.75, 3.05) is 6.61 Å². The summed E-state index contributed by atoms with van der Waals surface area (Å²) in [7, 11) is 0. The number of nitrogens with zero attached hydrogens (tertiary/aromatic N) is 3. The topological polar surface area (TPSA) is 60.1 Å². The van der Waals surface area contributed by atoms with E-state index in [2.05, 4.69) is 73.7 Å². The number of aryl methyl sites for hydroxylation is 1. The fraction of sp³-hybridized carbons (Fsp3) is 0.333. The van der Waals surface area contributed by atoms with Gasteiger partial charge in [-0.25, -0.2) is 4.98 Å². The lowest BCUT2D eigenvalue weighted by atomic mass is 10.0. The van der Waals surface area contributed by atoms with Crippen LogP contribution in [0.5, 0.6) is 5.88 Å². The van der Waals surface area contributed by atoms with Crippen LogP contribution in [-0.4, -0.2) is 22.3 Å². The van der Waals surface area contributed by atoms with E-state index in [1.165, 1.54) is 11.1 Å². The van der Waals surface area contributed by atoms with Gasteiger partial charge in [0.05, 0.1) is 35.4 Å². The molecule has 1 fully saturated rings. The monoisotopic (exact) mass is 507 g/mol. The summed E-state index contributed by atoms with van der Waals surface area (Å²) in [4.78, 5) is 4.94. The first kappa shape index (κ1) is 25.8. The minimum Gasteiger partial charge on any atom is -0.472 e. The Morgan fingerprint density at radius 2 is 1.92 bits per heavy atom. The lowest BCUT2D eigenvalue weighted by molar-refractivity contribution is 0.0506. The van der Waals surface area contributed by atoms with Gasteiger partial charge in [-0.1, -0.05) is 62.4 Å². The molecule has 1 aliphatic rings. The average molecular weight is 508 g/mol. The van der Waals surface area contributed by atoms with E-state index in [9.17, 15) is 5.26 Å². The van der Waals surface area contributed by atoms with E-state index in [0.717, 1.165) is 66.6 Å². The largest absolute Gasteiger partial charge is 0.472 e. The predicted octanol–water partition coefficient (Wildman–Crippen LogP) is 8.04. The standard InChI is InChI=1S/C33H35N3O2.H2/c1-23(2)27-9-7-26(8-10-27)22-38-33-30(28-11-5-25(21-34)6-12-28)20-32-31(35-33)15-18-36(32)17-14-29-13-4-24(3)16-19-37-29;/h5-12,15,18,20,23,29H,3-4,13-14,16-17,19,22H2,1-2H3;1H/t29-;/m0./s1. The third-order valence-corrected chi connectivity index (χ3v) is 7.39. The fourth-order valence-corrected chi connectivity index (χ4v) is 4.93. The highest BCUT2D eigenvalue weighted by atomic mass is 16.5. The number of pyridine rings is 1. The molecule has 1 saturated heterocycles. The van der Waals surface area contributed by atoms with Crippen LogP contribution in [0.1, 0.15) is 63.6 Å². The quantitative estimate of drug-likeness (QED) is 0.226. The first-order valence-corrected chi connectivity index (χ1v) is 13.5. The Hall–Kier alpha value is -3.88. The summed E-state index contributed by atoms with van der Waals surface area (Å²) in [5.74, 6) is 1.09. The van der Waals surface area contributed by atoms with Gasteiger partial charge in [-0.15, -0.1) is 0 Å². The van der Waals surface area contributed by atoms with Crippen molar-refractivity contribution in [3.63, 3.8) is 0 Å². The average Bonchev–Trinajstić information content (AvgIpc) is 3.22. The summed E-state index contributed by atoms with van der Waals surface area (Å²) in [5, 5.41) is 9.26. The number of benzene rings is 2. The van der Waals surface area contributed by atoms with E-state index in [0.29, 0.717) is 24.0 Å². The van der Waals surface area contributed by atoms with Crippen LogP contribution >= 0.6 is 0 Å². The summed E-state index contributed by atoms with van der Waals surface area (Å²) in [6.07, 6.45) is 6.34. The first-order valence-electron chi connectivity index (χ1n) is 13.5. The zero-order valence-corrected chi connectivity index (χ0v) is 22.3. The molecule has 0 amide bonds. The summed E-state index contributed by atoms with van der Waals surface area (Å²) in [6.45, 7) is 10.6. The maximum Gasteiger partial charge on any atom is 0.222 e. The van der Waals surface area contributed by atoms with Crippen molar-refractivity contribution in [3.8, 4) is 23.1 Å². The van der Waals surface area contributed by atoms with Crippen molar-refractivity contribution in [1.82, 2.24) is 9.55 Å². The molecule has 5 nitrogen and oxygen atoms in total. The Morgan fingerprint density at radius 3 is 2.66 bits per heavy atom. The molecular formula is C33H37N3O2. The summed E-state index contributed by atoms with van der Waals surface area (Å²) in [6, 6.07) is 22.6. The van der Waals surface area contributed by atoms with Crippen molar-refractivity contribution < 1.29 is 10.9 Å². The molecule has 0 saturated carbocycles. The molecule has 0 unspecified atom stereocenters. The predicted molar refractivity (Wildman–Crippen MR) is 154 cm³/mol. The van der Waals surface area contributed by atoms with Crippen molar-refractivity contribution in [2.45, 2.75) is 64.7 Å². The number of fused-ring (bicyclic) bond motifs is 1. The highest BCUT2D eigenvalue weighted by molar-refractivity contribution is 5.84. The number of aromatic nitrogens is 2. The molecule has 38 heavy (non-hydrogen) atoms. The molecule has 2 aromatic heterocycles. The lowest BCUT2D eigenvalue weighted by Crippen LogP contribution is -2.14.